The van der Waals surface area contributed by atoms with Gasteiger partial charge < -0.3 is 9.47 Å². The van der Waals surface area contributed by atoms with E-state index in [1.54, 1.807) is 50.2 Å². The van der Waals surface area contributed by atoms with Crippen molar-refractivity contribution >= 4 is 35.5 Å². The Morgan fingerprint density at radius 3 is 1.93 bits per heavy atom. The summed E-state index contributed by atoms with van der Waals surface area (Å²) in [5, 5.41) is 6.36. The van der Waals surface area contributed by atoms with Gasteiger partial charge in [-0.1, -0.05) is 55.5 Å². The van der Waals surface area contributed by atoms with Gasteiger partial charge in [0.25, 0.3) is 5.91 Å². The van der Waals surface area contributed by atoms with Gasteiger partial charge in [-0.15, -0.1) is 0 Å². The molecule has 0 aromatic heterocycles. The van der Waals surface area contributed by atoms with Crippen LogP contribution in [-0.4, -0.2) is 43.1 Å². The zero-order valence-electron chi connectivity index (χ0n) is 24.5. The maximum Gasteiger partial charge on any atom is 0.338 e. The van der Waals surface area contributed by atoms with Crippen LogP contribution in [0.5, 0.6) is 0 Å². The first kappa shape index (κ1) is 29.6. The van der Waals surface area contributed by atoms with Gasteiger partial charge in [-0.3, -0.25) is 9.59 Å². The fourth-order valence-corrected chi connectivity index (χ4v) is 6.38. The summed E-state index contributed by atoms with van der Waals surface area (Å²) in [6.45, 7) is 5.98. The lowest BCUT2D eigenvalue weighted by molar-refractivity contribution is -0.125. The maximum atomic E-state index is 14.9. The van der Waals surface area contributed by atoms with Crippen LogP contribution >= 0.6 is 0 Å². The van der Waals surface area contributed by atoms with Gasteiger partial charge in [-0.25, -0.2) is 9.59 Å². The van der Waals surface area contributed by atoms with Gasteiger partial charge in [0.2, 0.25) is 0 Å². The number of esters is 2. The molecule has 1 aliphatic carbocycles. The molecule has 1 heterocycles. The van der Waals surface area contributed by atoms with Crippen molar-refractivity contribution in [3.8, 4) is 0 Å². The molecule has 0 fully saturated rings. The zero-order chi connectivity index (χ0) is 30.6. The number of benzene rings is 3. The van der Waals surface area contributed by atoms with Gasteiger partial charge in [-0.05, 0) is 79.8 Å². The first-order valence-corrected chi connectivity index (χ1v) is 14.6. The molecule has 0 unspecified atom stereocenters. The van der Waals surface area contributed by atoms with Crippen molar-refractivity contribution < 1.29 is 28.7 Å². The second-order valence-corrected chi connectivity index (χ2v) is 10.5. The maximum absolute atomic E-state index is 14.9. The Labute approximate surface area is 251 Å². The van der Waals surface area contributed by atoms with Crippen molar-refractivity contribution in [1.82, 2.24) is 0 Å². The van der Waals surface area contributed by atoms with E-state index in [1.807, 2.05) is 55.5 Å². The molecule has 0 N–H and O–H groups in total. The zero-order valence-corrected chi connectivity index (χ0v) is 24.5. The van der Waals surface area contributed by atoms with Crippen molar-refractivity contribution in [1.29, 1.82) is 0 Å². The lowest BCUT2D eigenvalue weighted by Gasteiger charge is -2.46. The highest BCUT2D eigenvalue weighted by atomic mass is 16.5. The lowest BCUT2D eigenvalue weighted by atomic mass is 9.54. The summed E-state index contributed by atoms with van der Waals surface area (Å²) < 4.78 is 10.3. The van der Waals surface area contributed by atoms with E-state index in [9.17, 15) is 19.2 Å². The molecule has 1 spiro atoms. The first-order valence-electron chi connectivity index (χ1n) is 14.6. The van der Waals surface area contributed by atoms with E-state index in [2.05, 4.69) is 0 Å². The molecule has 0 radical (unpaired) electrons. The average Bonchev–Trinajstić information content (AvgIpc) is 3.33. The Morgan fingerprint density at radius 1 is 0.860 bits per heavy atom. The van der Waals surface area contributed by atoms with Crippen molar-refractivity contribution in [2.45, 2.75) is 45.4 Å². The van der Waals surface area contributed by atoms with Crippen LogP contribution in [0.25, 0.3) is 0 Å². The van der Waals surface area contributed by atoms with Crippen LogP contribution in [0.4, 0.5) is 5.69 Å². The summed E-state index contributed by atoms with van der Waals surface area (Å²) in [6.07, 6.45) is 3.59. The summed E-state index contributed by atoms with van der Waals surface area (Å²) in [7, 11) is 0. The van der Waals surface area contributed by atoms with Crippen LogP contribution in [0.2, 0.25) is 0 Å². The van der Waals surface area contributed by atoms with E-state index < -0.39 is 29.2 Å². The Hall–Kier alpha value is -4.85. The van der Waals surface area contributed by atoms with Crippen LogP contribution < -0.4 is 5.01 Å². The van der Waals surface area contributed by atoms with Crippen molar-refractivity contribution in [2.24, 2.45) is 10.5 Å². The minimum atomic E-state index is -1.24. The van der Waals surface area contributed by atoms with Gasteiger partial charge in [0.15, 0.2) is 0 Å². The monoisotopic (exact) mass is 578 g/mol. The SMILES string of the molecule is CCOC(=O)c1ccc([C@@H]2CC=C(C=O)[C@@H](c3ccc(C(=O)OCC)cc3)[C@]23C(=O)N(c2ccccc2)N=C3CC)cc1. The third-order valence-electron chi connectivity index (χ3n) is 8.22. The highest BCUT2D eigenvalue weighted by Gasteiger charge is 2.62. The van der Waals surface area contributed by atoms with E-state index in [1.165, 1.54) is 5.01 Å². The van der Waals surface area contributed by atoms with Crippen LogP contribution in [-0.2, 0) is 19.1 Å². The second kappa shape index (κ2) is 12.6. The number of rotatable bonds is 9. The van der Waals surface area contributed by atoms with Gasteiger partial charge >= 0.3 is 11.9 Å². The molecule has 3 aromatic rings. The summed E-state index contributed by atoms with van der Waals surface area (Å²) in [4.78, 5) is 52.4. The van der Waals surface area contributed by atoms with E-state index >= 15 is 0 Å². The van der Waals surface area contributed by atoms with Crippen LogP contribution in [0.1, 0.15) is 77.3 Å². The number of amides is 1. The predicted molar refractivity (Wildman–Crippen MR) is 163 cm³/mol. The molecule has 3 atom stereocenters. The summed E-state index contributed by atoms with van der Waals surface area (Å²) in [6, 6.07) is 23.3. The minimum Gasteiger partial charge on any atom is -0.462 e. The smallest absolute Gasteiger partial charge is 0.338 e. The molecule has 1 aliphatic heterocycles. The molecule has 0 bridgehead atoms. The number of hydrogen-bond acceptors (Lipinski definition) is 7. The molecule has 8 nitrogen and oxygen atoms in total. The van der Waals surface area contributed by atoms with Crippen LogP contribution in [0.15, 0.2) is 95.6 Å². The average molecular weight is 579 g/mol. The van der Waals surface area contributed by atoms with Gasteiger partial charge in [0.05, 0.1) is 35.7 Å². The number of allylic oxidation sites excluding steroid dienone is 2. The minimum absolute atomic E-state index is 0.234. The molecule has 8 heteroatoms. The first-order chi connectivity index (χ1) is 20.9. The molecule has 43 heavy (non-hydrogen) atoms. The molecule has 0 saturated carbocycles. The fraction of sp³-hybridized carbons (Fsp3) is 0.286. The number of hydrogen-bond donors (Lipinski definition) is 0. The molecule has 0 saturated heterocycles. The molecule has 1 amide bonds. The number of ether oxygens (including phenoxy) is 2. The van der Waals surface area contributed by atoms with E-state index in [0.717, 1.165) is 11.8 Å². The Morgan fingerprint density at radius 2 is 1.42 bits per heavy atom. The molecular weight excluding hydrogens is 544 g/mol. The predicted octanol–water partition coefficient (Wildman–Crippen LogP) is 6.24. The molecule has 5 rings (SSSR count). The van der Waals surface area contributed by atoms with E-state index in [-0.39, 0.29) is 19.1 Å². The van der Waals surface area contributed by atoms with Gasteiger partial charge in [0, 0.05) is 11.8 Å². The fourth-order valence-electron chi connectivity index (χ4n) is 6.38. The highest BCUT2D eigenvalue weighted by molar-refractivity contribution is 6.21. The third-order valence-corrected chi connectivity index (χ3v) is 8.22. The topological polar surface area (TPSA) is 102 Å². The van der Waals surface area contributed by atoms with E-state index in [0.29, 0.717) is 46.5 Å². The van der Waals surface area contributed by atoms with Crippen molar-refractivity contribution in [2.75, 3.05) is 18.2 Å². The van der Waals surface area contributed by atoms with Crippen molar-refractivity contribution in [3.05, 3.63) is 113 Å². The molecular formula is C35H34N2O6. The second-order valence-electron chi connectivity index (χ2n) is 10.5. The third kappa shape index (κ3) is 5.18. The molecule has 3 aromatic carbocycles. The standard InChI is InChI=1S/C35H34N2O6/c1-4-30-35(34(41)37(36-30)28-10-8-7-9-11-28)29(23-12-16-25(17-13-23)32(39)42-5-2)21-20-27(22-38)31(35)24-14-18-26(19-15-24)33(40)43-6-3/h7-20,22,29,31H,4-6,21H2,1-3H3/t29-,31+,35-/m0/s1. The Kier molecular flexibility index (Phi) is 8.66. The van der Waals surface area contributed by atoms with Gasteiger partial charge in [-0.2, -0.15) is 10.1 Å². The highest BCUT2D eigenvalue weighted by Crippen LogP contribution is 2.59. The number of carbonyl (C=O) groups excluding carboxylic acids is 4. The molecule has 220 valence electrons. The summed E-state index contributed by atoms with van der Waals surface area (Å²) in [5.74, 6) is -2.17. The van der Waals surface area contributed by atoms with Crippen LogP contribution in [0.3, 0.4) is 0 Å². The summed E-state index contributed by atoms with van der Waals surface area (Å²) >= 11 is 0. The Bertz CT molecular complexity index is 1580. The largest absolute Gasteiger partial charge is 0.462 e. The van der Waals surface area contributed by atoms with Crippen LogP contribution in [0, 0.1) is 5.41 Å². The summed E-state index contributed by atoms with van der Waals surface area (Å²) in [5.41, 5.74) is 2.87. The quantitative estimate of drug-likeness (QED) is 0.220. The number of nitrogens with zero attached hydrogens (tertiary/aromatic N) is 2. The Balaban J connectivity index is 1.70. The number of anilines is 1. The number of aldehydes is 1. The van der Waals surface area contributed by atoms with E-state index in [4.69, 9.17) is 14.6 Å². The lowest BCUT2D eigenvalue weighted by Crippen LogP contribution is -2.51. The molecule has 2 aliphatic rings. The van der Waals surface area contributed by atoms with Crippen molar-refractivity contribution in [3.63, 3.8) is 0 Å². The number of hydrazone groups is 1. The number of carbonyl (C=O) groups is 4. The van der Waals surface area contributed by atoms with Gasteiger partial charge in [0.1, 0.15) is 11.7 Å². The number of para-hydroxylation sites is 1. The normalized spacial score (nSPS) is 21.3.